The molecular formula is C73H141NO5. The van der Waals surface area contributed by atoms with Crippen LogP contribution in [0.4, 0.5) is 0 Å². The van der Waals surface area contributed by atoms with Crippen molar-refractivity contribution in [1.82, 2.24) is 5.32 Å². The number of aliphatic hydroxyl groups excluding tert-OH is 2. The van der Waals surface area contributed by atoms with Crippen LogP contribution in [0.5, 0.6) is 0 Å². The van der Waals surface area contributed by atoms with Gasteiger partial charge in [-0.3, -0.25) is 9.59 Å². The Hall–Kier alpha value is -1.66. The van der Waals surface area contributed by atoms with E-state index in [1.807, 2.05) is 0 Å². The van der Waals surface area contributed by atoms with E-state index in [2.05, 4.69) is 43.5 Å². The minimum Gasteiger partial charge on any atom is -0.466 e. The zero-order valence-corrected chi connectivity index (χ0v) is 53.6. The lowest BCUT2D eigenvalue weighted by Crippen LogP contribution is -2.45. The largest absolute Gasteiger partial charge is 0.466 e. The first kappa shape index (κ1) is 77.3. The highest BCUT2D eigenvalue weighted by atomic mass is 16.5. The monoisotopic (exact) mass is 1110 g/mol. The predicted octanol–water partition coefficient (Wildman–Crippen LogP) is 23.3. The Bertz CT molecular complexity index is 1230. The van der Waals surface area contributed by atoms with Gasteiger partial charge in [0.2, 0.25) is 5.91 Å². The Kier molecular flexibility index (Phi) is 67.4. The van der Waals surface area contributed by atoms with Gasteiger partial charge in [-0.1, -0.05) is 340 Å². The molecule has 2 atom stereocenters. The summed E-state index contributed by atoms with van der Waals surface area (Å²) in [5.74, 6) is -0.0205. The van der Waals surface area contributed by atoms with Gasteiger partial charge >= 0.3 is 5.97 Å². The van der Waals surface area contributed by atoms with Gasteiger partial charge in [0.25, 0.3) is 0 Å². The maximum atomic E-state index is 12.5. The molecule has 0 rings (SSSR count). The van der Waals surface area contributed by atoms with E-state index in [-0.39, 0.29) is 18.5 Å². The number of amides is 1. The number of carbonyl (C=O) groups is 2. The number of ether oxygens (including phenoxy) is 1. The fraction of sp³-hybridized carbons (Fsp3) is 0.918. The van der Waals surface area contributed by atoms with Crippen molar-refractivity contribution in [3.63, 3.8) is 0 Å². The molecule has 0 saturated heterocycles. The van der Waals surface area contributed by atoms with Gasteiger partial charge in [-0.05, 0) is 77.0 Å². The fourth-order valence-electron chi connectivity index (χ4n) is 11.5. The fourth-order valence-corrected chi connectivity index (χ4v) is 11.5. The molecule has 0 radical (unpaired) electrons. The van der Waals surface area contributed by atoms with Gasteiger partial charge in [-0.25, -0.2) is 0 Å². The van der Waals surface area contributed by atoms with Gasteiger partial charge in [-0.15, -0.1) is 0 Å². The molecule has 0 aliphatic rings. The van der Waals surface area contributed by atoms with Crippen molar-refractivity contribution in [1.29, 1.82) is 0 Å². The number of nitrogens with one attached hydrogen (secondary N) is 1. The van der Waals surface area contributed by atoms with E-state index in [0.717, 1.165) is 44.9 Å². The topological polar surface area (TPSA) is 95.9 Å². The first-order valence-electron chi connectivity index (χ1n) is 36.1. The maximum Gasteiger partial charge on any atom is 0.305 e. The van der Waals surface area contributed by atoms with E-state index in [0.29, 0.717) is 25.9 Å². The van der Waals surface area contributed by atoms with E-state index in [4.69, 9.17) is 4.74 Å². The van der Waals surface area contributed by atoms with Crippen molar-refractivity contribution >= 4 is 11.9 Å². The molecule has 0 aromatic rings. The molecule has 0 bridgehead atoms. The minimum absolute atomic E-state index is 0.00816. The lowest BCUT2D eigenvalue weighted by molar-refractivity contribution is -0.143. The predicted molar refractivity (Wildman–Crippen MR) is 347 cm³/mol. The summed E-state index contributed by atoms with van der Waals surface area (Å²) in [6.07, 6.45) is 86.7. The van der Waals surface area contributed by atoms with Crippen LogP contribution in [0.25, 0.3) is 0 Å². The summed E-state index contributed by atoms with van der Waals surface area (Å²) in [5.41, 5.74) is 0. The quantitative estimate of drug-likeness (QED) is 0.0320. The normalized spacial score (nSPS) is 12.6. The van der Waals surface area contributed by atoms with Crippen molar-refractivity contribution in [2.24, 2.45) is 0 Å². The number of esters is 1. The molecule has 0 aliphatic heterocycles. The standard InChI is InChI=1S/C73H141NO5/c1-3-5-7-9-11-13-15-17-18-19-33-36-39-42-45-49-53-57-61-65-71(76)70(69-75)74-72(77)66-62-58-54-50-46-43-40-37-34-31-29-27-25-23-21-20-22-24-26-28-30-32-35-38-41-44-48-52-56-60-64-68-79-73(78)67-63-59-55-51-47-16-14-12-10-8-6-4-2/h12,14,22,24,70-71,75-76H,3-11,13,15-21,23,25-69H2,1-2H3,(H,74,77)/b14-12-,24-22-. The molecule has 6 nitrogen and oxygen atoms in total. The Labute approximate surface area is 494 Å². The van der Waals surface area contributed by atoms with E-state index in [1.165, 1.54) is 327 Å². The maximum absolute atomic E-state index is 12.5. The molecule has 0 aromatic carbocycles. The van der Waals surface area contributed by atoms with Crippen LogP contribution in [0, 0.1) is 0 Å². The van der Waals surface area contributed by atoms with Crippen LogP contribution in [0.1, 0.15) is 406 Å². The van der Waals surface area contributed by atoms with Gasteiger partial charge < -0.3 is 20.3 Å². The molecular weight excluding hydrogens is 971 g/mol. The molecule has 79 heavy (non-hydrogen) atoms. The number of hydrogen-bond acceptors (Lipinski definition) is 5. The Balaban J connectivity index is 3.36. The Morgan fingerprint density at radius 1 is 0.342 bits per heavy atom. The summed E-state index contributed by atoms with van der Waals surface area (Å²) < 4.78 is 5.47. The van der Waals surface area contributed by atoms with Gasteiger partial charge in [0, 0.05) is 12.8 Å². The van der Waals surface area contributed by atoms with E-state index in [9.17, 15) is 19.8 Å². The molecule has 6 heteroatoms. The van der Waals surface area contributed by atoms with E-state index < -0.39 is 12.1 Å². The number of carbonyl (C=O) groups excluding carboxylic acids is 2. The van der Waals surface area contributed by atoms with E-state index in [1.54, 1.807) is 0 Å². The second-order valence-corrected chi connectivity index (χ2v) is 24.9. The summed E-state index contributed by atoms with van der Waals surface area (Å²) in [6.45, 7) is 4.97. The highest BCUT2D eigenvalue weighted by Gasteiger charge is 2.20. The molecule has 2 unspecified atom stereocenters. The van der Waals surface area contributed by atoms with Crippen molar-refractivity contribution in [3.8, 4) is 0 Å². The van der Waals surface area contributed by atoms with Gasteiger partial charge in [0.05, 0.1) is 25.4 Å². The molecule has 0 saturated carbocycles. The Morgan fingerprint density at radius 3 is 0.924 bits per heavy atom. The van der Waals surface area contributed by atoms with Crippen LogP contribution in [0.2, 0.25) is 0 Å². The molecule has 0 heterocycles. The lowest BCUT2D eigenvalue weighted by atomic mass is 10.0. The number of rotatable bonds is 68. The number of aliphatic hydroxyl groups is 2. The van der Waals surface area contributed by atoms with Crippen LogP contribution in [0.3, 0.4) is 0 Å². The second-order valence-electron chi connectivity index (χ2n) is 24.9. The third-order valence-corrected chi connectivity index (χ3v) is 17.0. The smallest absolute Gasteiger partial charge is 0.305 e. The molecule has 468 valence electrons. The average molecular weight is 1110 g/mol. The summed E-state index contributed by atoms with van der Waals surface area (Å²) in [6, 6.07) is -0.540. The summed E-state index contributed by atoms with van der Waals surface area (Å²) in [4.78, 5) is 24.6. The highest BCUT2D eigenvalue weighted by molar-refractivity contribution is 5.76. The lowest BCUT2D eigenvalue weighted by Gasteiger charge is -2.22. The molecule has 0 aromatic heterocycles. The van der Waals surface area contributed by atoms with E-state index >= 15 is 0 Å². The van der Waals surface area contributed by atoms with Crippen molar-refractivity contribution in [2.75, 3.05) is 13.2 Å². The number of allylic oxidation sites excluding steroid dienone is 4. The van der Waals surface area contributed by atoms with Crippen molar-refractivity contribution in [2.45, 2.75) is 418 Å². The zero-order valence-electron chi connectivity index (χ0n) is 53.6. The minimum atomic E-state index is -0.663. The highest BCUT2D eigenvalue weighted by Crippen LogP contribution is 2.19. The van der Waals surface area contributed by atoms with Crippen LogP contribution in [0.15, 0.2) is 24.3 Å². The number of hydrogen-bond donors (Lipinski definition) is 3. The third-order valence-electron chi connectivity index (χ3n) is 17.0. The van der Waals surface area contributed by atoms with Gasteiger partial charge in [0.15, 0.2) is 0 Å². The number of unbranched alkanes of at least 4 members (excludes halogenated alkanes) is 53. The van der Waals surface area contributed by atoms with Crippen molar-refractivity contribution in [3.05, 3.63) is 24.3 Å². The van der Waals surface area contributed by atoms with Crippen molar-refractivity contribution < 1.29 is 24.5 Å². The first-order chi connectivity index (χ1) is 39.0. The molecule has 1 amide bonds. The molecule has 0 aliphatic carbocycles. The molecule has 0 fully saturated rings. The van der Waals surface area contributed by atoms with Gasteiger partial charge in [0.1, 0.15) is 0 Å². The molecule has 3 N–H and O–H groups in total. The van der Waals surface area contributed by atoms with Gasteiger partial charge in [-0.2, -0.15) is 0 Å². The third kappa shape index (κ3) is 65.4. The first-order valence-corrected chi connectivity index (χ1v) is 36.1. The average Bonchev–Trinajstić information content (AvgIpc) is 3.45. The van der Waals surface area contributed by atoms with Crippen LogP contribution in [-0.4, -0.2) is 47.4 Å². The van der Waals surface area contributed by atoms with Crippen LogP contribution >= 0.6 is 0 Å². The molecule has 0 spiro atoms. The van der Waals surface area contributed by atoms with Crippen LogP contribution in [-0.2, 0) is 14.3 Å². The summed E-state index contributed by atoms with van der Waals surface area (Å²) in [7, 11) is 0. The Morgan fingerprint density at radius 2 is 0.595 bits per heavy atom. The zero-order chi connectivity index (χ0) is 57.1. The summed E-state index contributed by atoms with van der Waals surface area (Å²) >= 11 is 0. The SMILES string of the molecule is CCCCC/C=C\CCCCCCCC(=O)OCCCCCCCCCCCCCC/C=C\CCCCCCCCCCCCCCCCCC(=O)NC(CO)C(O)CCCCCCCCCCCCCCCCCCCCC. The summed E-state index contributed by atoms with van der Waals surface area (Å²) in [5, 5.41) is 23.4. The van der Waals surface area contributed by atoms with Crippen LogP contribution < -0.4 is 5.32 Å². The second kappa shape index (κ2) is 68.8.